The molecule has 0 saturated carbocycles. The normalized spacial score (nSPS) is 15.7. The van der Waals surface area contributed by atoms with E-state index in [-0.39, 0.29) is 0 Å². The second-order valence-corrected chi connectivity index (χ2v) is 5.27. The second-order valence-electron chi connectivity index (χ2n) is 5.27. The minimum atomic E-state index is 0.429. The third-order valence-corrected chi connectivity index (χ3v) is 3.66. The van der Waals surface area contributed by atoms with E-state index in [1.165, 1.54) is 51.4 Å². The lowest BCUT2D eigenvalue weighted by Crippen LogP contribution is -2.05. The Hall–Kier alpha value is -0.590. The number of rotatable bonds is 9. The molecular weight excluding hydrogens is 208 g/mol. The van der Waals surface area contributed by atoms with Gasteiger partial charge in [-0.1, -0.05) is 51.5 Å². The van der Waals surface area contributed by atoms with Gasteiger partial charge in [-0.2, -0.15) is 0 Å². The van der Waals surface area contributed by atoms with Crippen LogP contribution in [0, 0.1) is 0 Å². The van der Waals surface area contributed by atoms with Crippen LogP contribution in [0.15, 0.2) is 11.6 Å². The average molecular weight is 236 g/mol. The summed E-state index contributed by atoms with van der Waals surface area (Å²) in [5, 5.41) is 0. The summed E-state index contributed by atoms with van der Waals surface area (Å²) in [5.41, 5.74) is 1.13. The molecule has 1 nitrogen and oxygen atoms in total. The molecule has 0 fully saturated rings. The molecule has 0 amide bonds. The Morgan fingerprint density at radius 1 is 1.06 bits per heavy atom. The minimum Gasteiger partial charge on any atom is -0.295 e. The van der Waals surface area contributed by atoms with E-state index in [2.05, 4.69) is 13.0 Å². The Morgan fingerprint density at radius 3 is 2.41 bits per heavy atom. The lowest BCUT2D eigenvalue weighted by Gasteiger charge is -2.11. The summed E-state index contributed by atoms with van der Waals surface area (Å²) < 4.78 is 0. The van der Waals surface area contributed by atoms with Crippen LogP contribution in [0.4, 0.5) is 0 Å². The number of hydrogen-bond donors (Lipinski definition) is 0. The zero-order valence-corrected chi connectivity index (χ0v) is 11.5. The van der Waals surface area contributed by atoms with Crippen LogP contribution in [0.5, 0.6) is 0 Å². The van der Waals surface area contributed by atoms with Gasteiger partial charge in [0.25, 0.3) is 0 Å². The highest BCUT2D eigenvalue weighted by molar-refractivity contribution is 5.95. The van der Waals surface area contributed by atoms with Crippen LogP contribution in [0.1, 0.15) is 84.0 Å². The summed E-state index contributed by atoms with van der Waals surface area (Å²) in [6, 6.07) is 0. The van der Waals surface area contributed by atoms with Gasteiger partial charge in [0, 0.05) is 6.42 Å². The molecule has 17 heavy (non-hydrogen) atoms. The molecule has 0 aromatic heterocycles. The molecule has 0 aromatic carbocycles. The molecule has 0 N–H and O–H groups in total. The highest BCUT2D eigenvalue weighted by Crippen LogP contribution is 2.20. The SMILES string of the molecule is CCCCCCCCCC(=O)C1=CCCCC1. The summed E-state index contributed by atoms with van der Waals surface area (Å²) >= 11 is 0. The van der Waals surface area contributed by atoms with Crippen molar-refractivity contribution in [2.75, 3.05) is 0 Å². The first-order chi connectivity index (χ1) is 8.34. The molecule has 0 aliphatic heterocycles. The Morgan fingerprint density at radius 2 is 1.76 bits per heavy atom. The number of allylic oxidation sites excluding steroid dienone is 2. The first kappa shape index (κ1) is 14.5. The number of unbranched alkanes of at least 4 members (excludes halogenated alkanes) is 6. The van der Waals surface area contributed by atoms with Crippen molar-refractivity contribution in [3.8, 4) is 0 Å². The Kier molecular flexibility index (Phi) is 8.04. The van der Waals surface area contributed by atoms with E-state index in [0.29, 0.717) is 5.78 Å². The van der Waals surface area contributed by atoms with E-state index in [1.54, 1.807) is 0 Å². The van der Waals surface area contributed by atoms with Crippen LogP contribution in [0.2, 0.25) is 0 Å². The quantitative estimate of drug-likeness (QED) is 0.503. The molecule has 0 atom stereocenters. The van der Waals surface area contributed by atoms with E-state index in [4.69, 9.17) is 0 Å². The lowest BCUT2D eigenvalue weighted by atomic mass is 9.94. The maximum Gasteiger partial charge on any atom is 0.158 e. The van der Waals surface area contributed by atoms with E-state index in [0.717, 1.165) is 31.3 Å². The highest BCUT2D eigenvalue weighted by Gasteiger charge is 2.11. The van der Waals surface area contributed by atoms with Gasteiger partial charge in [0.05, 0.1) is 0 Å². The summed E-state index contributed by atoms with van der Waals surface area (Å²) in [5.74, 6) is 0.429. The van der Waals surface area contributed by atoms with Gasteiger partial charge >= 0.3 is 0 Å². The van der Waals surface area contributed by atoms with Crippen LogP contribution in [0.25, 0.3) is 0 Å². The number of carbonyl (C=O) groups is 1. The third-order valence-electron chi connectivity index (χ3n) is 3.66. The fourth-order valence-corrected chi connectivity index (χ4v) is 2.49. The molecule has 1 aliphatic carbocycles. The minimum absolute atomic E-state index is 0.429. The summed E-state index contributed by atoms with van der Waals surface area (Å²) in [4.78, 5) is 11.9. The van der Waals surface area contributed by atoms with Crippen molar-refractivity contribution in [2.24, 2.45) is 0 Å². The average Bonchev–Trinajstić information content (AvgIpc) is 2.38. The molecule has 0 aromatic rings. The summed E-state index contributed by atoms with van der Waals surface area (Å²) in [6.07, 6.45) is 16.7. The van der Waals surface area contributed by atoms with Crippen molar-refractivity contribution in [2.45, 2.75) is 84.0 Å². The van der Waals surface area contributed by atoms with Gasteiger partial charge in [0.2, 0.25) is 0 Å². The molecule has 1 heteroatoms. The zero-order chi connectivity index (χ0) is 12.3. The van der Waals surface area contributed by atoms with E-state index in [9.17, 15) is 4.79 Å². The van der Waals surface area contributed by atoms with E-state index < -0.39 is 0 Å². The van der Waals surface area contributed by atoms with Crippen molar-refractivity contribution < 1.29 is 4.79 Å². The number of Topliss-reactive ketones (excluding diaryl/α,β-unsaturated/α-hetero) is 1. The molecule has 1 aliphatic rings. The summed E-state index contributed by atoms with van der Waals surface area (Å²) in [6.45, 7) is 2.25. The predicted molar refractivity (Wildman–Crippen MR) is 74.2 cm³/mol. The molecule has 0 radical (unpaired) electrons. The van der Waals surface area contributed by atoms with Gasteiger partial charge in [0.15, 0.2) is 5.78 Å². The molecule has 0 spiro atoms. The summed E-state index contributed by atoms with van der Waals surface area (Å²) in [7, 11) is 0. The maximum absolute atomic E-state index is 11.9. The molecule has 0 unspecified atom stereocenters. The Labute approximate surface area is 107 Å². The van der Waals surface area contributed by atoms with Gasteiger partial charge in [-0.05, 0) is 37.7 Å². The zero-order valence-electron chi connectivity index (χ0n) is 11.5. The van der Waals surface area contributed by atoms with Crippen molar-refractivity contribution >= 4 is 5.78 Å². The fourth-order valence-electron chi connectivity index (χ4n) is 2.49. The molecule has 98 valence electrons. The maximum atomic E-state index is 11.9. The van der Waals surface area contributed by atoms with Crippen LogP contribution in [-0.2, 0) is 4.79 Å². The van der Waals surface area contributed by atoms with Gasteiger partial charge in [-0.15, -0.1) is 0 Å². The van der Waals surface area contributed by atoms with Crippen molar-refractivity contribution in [3.05, 3.63) is 11.6 Å². The third kappa shape index (κ3) is 6.65. The lowest BCUT2D eigenvalue weighted by molar-refractivity contribution is -0.115. The molecule has 0 heterocycles. The topological polar surface area (TPSA) is 17.1 Å². The standard InChI is InChI=1S/C16H28O/c1-2-3-4-5-6-7-11-14-16(17)15-12-9-8-10-13-15/h12H,2-11,13-14H2,1H3. The van der Waals surface area contributed by atoms with Crippen molar-refractivity contribution in [1.82, 2.24) is 0 Å². The number of ketones is 1. The molecular formula is C16H28O. The van der Waals surface area contributed by atoms with Crippen LogP contribution in [0.3, 0.4) is 0 Å². The van der Waals surface area contributed by atoms with Crippen LogP contribution in [-0.4, -0.2) is 5.78 Å². The Balaban J connectivity index is 1.98. The van der Waals surface area contributed by atoms with Crippen molar-refractivity contribution in [3.63, 3.8) is 0 Å². The number of hydrogen-bond acceptors (Lipinski definition) is 1. The largest absolute Gasteiger partial charge is 0.295 e. The van der Waals surface area contributed by atoms with Crippen molar-refractivity contribution in [1.29, 1.82) is 0 Å². The monoisotopic (exact) mass is 236 g/mol. The van der Waals surface area contributed by atoms with Gasteiger partial charge in [-0.25, -0.2) is 0 Å². The second kappa shape index (κ2) is 9.44. The molecule has 0 saturated heterocycles. The fraction of sp³-hybridized carbons (Fsp3) is 0.812. The van der Waals surface area contributed by atoms with Gasteiger partial charge < -0.3 is 0 Å². The first-order valence-corrected chi connectivity index (χ1v) is 7.57. The van der Waals surface area contributed by atoms with E-state index in [1.807, 2.05) is 0 Å². The molecule has 0 bridgehead atoms. The smallest absolute Gasteiger partial charge is 0.158 e. The number of carbonyl (C=O) groups excluding carboxylic acids is 1. The van der Waals surface area contributed by atoms with E-state index >= 15 is 0 Å². The highest BCUT2D eigenvalue weighted by atomic mass is 16.1. The Bertz CT molecular complexity index is 240. The van der Waals surface area contributed by atoms with Gasteiger partial charge in [0.1, 0.15) is 0 Å². The first-order valence-electron chi connectivity index (χ1n) is 7.57. The van der Waals surface area contributed by atoms with Crippen LogP contribution >= 0.6 is 0 Å². The molecule has 1 rings (SSSR count). The van der Waals surface area contributed by atoms with Gasteiger partial charge in [-0.3, -0.25) is 4.79 Å². The van der Waals surface area contributed by atoms with Crippen LogP contribution < -0.4 is 0 Å². The predicted octanol–water partition coefficient (Wildman–Crippen LogP) is 5.20.